The molecule has 172 valence electrons. The molecule has 3 heterocycles. The Kier molecular flexibility index (Phi) is 3.91. The Balaban J connectivity index is 1.72. The second-order valence-corrected chi connectivity index (χ2v) is 14.9. The summed E-state index contributed by atoms with van der Waals surface area (Å²) in [7, 11) is -1.86. The average Bonchev–Trinajstić information content (AvgIpc) is 3.33. The van der Waals surface area contributed by atoms with Crippen molar-refractivity contribution >= 4 is 73.2 Å². The normalized spacial score (nSPS) is 15.0. The Hall–Kier alpha value is -4.08. The Morgan fingerprint density at radius 1 is 0.528 bits per heavy atom. The number of hydrogen-bond acceptors (Lipinski definition) is 1. The predicted octanol–water partition coefficient (Wildman–Crippen LogP) is 7.47. The van der Waals surface area contributed by atoms with E-state index in [0.717, 1.165) is 6.67 Å². The highest BCUT2D eigenvalue weighted by atomic mass is 28.3. The van der Waals surface area contributed by atoms with Crippen LogP contribution < -0.4 is 15.3 Å². The maximum atomic E-state index is 2.58. The number of fused-ring (bicyclic) bond motifs is 9. The van der Waals surface area contributed by atoms with Gasteiger partial charge in [0.2, 0.25) is 0 Å². The van der Waals surface area contributed by atoms with Crippen LogP contribution in [0.4, 0.5) is 11.4 Å². The van der Waals surface area contributed by atoms with Gasteiger partial charge in [-0.15, -0.1) is 0 Å². The highest BCUT2D eigenvalue weighted by Gasteiger charge is 2.41. The highest BCUT2D eigenvalue weighted by Crippen LogP contribution is 2.44. The van der Waals surface area contributed by atoms with E-state index in [1.54, 1.807) is 0 Å². The van der Waals surface area contributed by atoms with E-state index >= 15 is 0 Å². The fourth-order valence-electron chi connectivity index (χ4n) is 6.75. The maximum Gasteiger partial charge on any atom is 0.117 e. The molecule has 0 fully saturated rings. The summed E-state index contributed by atoms with van der Waals surface area (Å²) in [5.41, 5.74) is 5.43. The van der Waals surface area contributed by atoms with Crippen molar-refractivity contribution < 1.29 is 0 Å². The van der Waals surface area contributed by atoms with Crippen LogP contribution >= 0.6 is 0 Å². The third-order valence-electron chi connectivity index (χ3n) is 8.43. The fourth-order valence-corrected chi connectivity index (χ4v) is 9.76. The quantitative estimate of drug-likeness (QED) is 0.206. The first-order chi connectivity index (χ1) is 17.6. The van der Waals surface area contributed by atoms with Crippen molar-refractivity contribution in [2.75, 3.05) is 4.90 Å². The zero-order valence-electron chi connectivity index (χ0n) is 20.5. The van der Waals surface area contributed by atoms with Crippen LogP contribution in [-0.2, 0) is 6.67 Å². The van der Waals surface area contributed by atoms with Crippen molar-refractivity contribution in [1.82, 2.24) is 4.57 Å². The molecule has 1 aromatic heterocycles. The van der Waals surface area contributed by atoms with E-state index in [1.807, 2.05) is 0 Å². The van der Waals surface area contributed by atoms with Crippen molar-refractivity contribution in [3.63, 3.8) is 0 Å². The smallest absolute Gasteiger partial charge is 0.117 e. The molecule has 0 unspecified atom stereocenters. The zero-order valence-corrected chi connectivity index (χ0v) is 21.5. The molecule has 2 aliphatic rings. The van der Waals surface area contributed by atoms with Gasteiger partial charge in [-0.25, -0.2) is 0 Å². The summed E-state index contributed by atoms with van der Waals surface area (Å²) in [4.78, 5) is 2.58. The molecular formula is C33H26N2Si. The molecule has 0 saturated carbocycles. The molecule has 0 N–H and O–H groups in total. The minimum Gasteiger partial charge on any atom is -0.321 e. The molecule has 0 aliphatic carbocycles. The molecule has 0 saturated heterocycles. The molecular weight excluding hydrogens is 452 g/mol. The zero-order chi connectivity index (χ0) is 24.0. The minimum absolute atomic E-state index is 0.822. The molecule has 0 amide bonds. The molecule has 0 radical (unpaired) electrons. The molecule has 2 aliphatic heterocycles. The van der Waals surface area contributed by atoms with Gasteiger partial charge in [-0.2, -0.15) is 0 Å². The lowest BCUT2D eigenvalue weighted by atomic mass is 10.0. The summed E-state index contributed by atoms with van der Waals surface area (Å²) >= 11 is 0. The maximum absolute atomic E-state index is 2.58. The summed E-state index contributed by atoms with van der Waals surface area (Å²) in [6.45, 7) is 5.84. The molecule has 8 rings (SSSR count). The lowest BCUT2D eigenvalue weighted by molar-refractivity contribution is 0.796. The van der Waals surface area contributed by atoms with Crippen molar-refractivity contribution in [1.29, 1.82) is 0 Å². The Bertz CT molecular complexity index is 1960. The third-order valence-corrected chi connectivity index (χ3v) is 12.0. The molecule has 3 heteroatoms. The van der Waals surface area contributed by atoms with Crippen molar-refractivity contribution in [2.45, 2.75) is 19.8 Å². The molecule has 0 bridgehead atoms. The van der Waals surface area contributed by atoms with Gasteiger partial charge in [-0.3, -0.25) is 0 Å². The van der Waals surface area contributed by atoms with Gasteiger partial charge in [0, 0.05) is 16.5 Å². The Morgan fingerprint density at radius 2 is 1.08 bits per heavy atom. The van der Waals surface area contributed by atoms with Crippen LogP contribution in [-0.4, -0.2) is 12.6 Å². The van der Waals surface area contributed by atoms with Crippen LogP contribution in [0.1, 0.15) is 0 Å². The predicted molar refractivity (Wildman–Crippen MR) is 157 cm³/mol. The topological polar surface area (TPSA) is 8.17 Å². The SMILES string of the molecule is C[Si]1(C)c2ccccc2N2Cn3c4ccccc4c4ccccc4c4ccccc4c4ccc1c2c43. The number of aromatic nitrogens is 1. The lowest BCUT2D eigenvalue weighted by Crippen LogP contribution is -2.58. The van der Waals surface area contributed by atoms with Gasteiger partial charge < -0.3 is 9.47 Å². The summed E-state index contributed by atoms with van der Waals surface area (Å²) < 4.78 is 2.58. The number of anilines is 2. The monoisotopic (exact) mass is 478 g/mol. The van der Waals surface area contributed by atoms with Crippen LogP contribution in [0.2, 0.25) is 13.1 Å². The van der Waals surface area contributed by atoms with Gasteiger partial charge >= 0.3 is 0 Å². The average molecular weight is 479 g/mol. The third kappa shape index (κ3) is 2.46. The summed E-state index contributed by atoms with van der Waals surface area (Å²) in [6.07, 6.45) is 0. The first-order valence-corrected chi connectivity index (χ1v) is 15.7. The Labute approximate surface area is 211 Å². The standard InChI is InChI=1S/C33H26N2Si/c1-36(2)30-18-10-9-17-29(30)35-21-34-28-16-8-7-15-26(28)24-13-5-3-11-22(24)23-12-4-6-14-25(23)27-19-20-31(36)33(35)32(27)34/h3-20H,21H2,1-2H3. The van der Waals surface area contributed by atoms with Crippen molar-refractivity contribution in [3.8, 4) is 0 Å². The Morgan fingerprint density at radius 3 is 1.81 bits per heavy atom. The van der Waals surface area contributed by atoms with Gasteiger partial charge in [0.15, 0.2) is 0 Å². The van der Waals surface area contributed by atoms with Gasteiger partial charge in [-0.1, -0.05) is 110 Å². The van der Waals surface area contributed by atoms with Crippen LogP contribution in [0.25, 0.3) is 43.4 Å². The van der Waals surface area contributed by atoms with Gasteiger partial charge in [-0.05, 0) is 44.1 Å². The molecule has 2 nitrogen and oxygen atoms in total. The lowest BCUT2D eigenvalue weighted by Gasteiger charge is -2.38. The fraction of sp³-hybridized carbons (Fsp3) is 0.0909. The second-order valence-electron chi connectivity index (χ2n) is 10.6. The van der Waals surface area contributed by atoms with Gasteiger partial charge in [0.05, 0.1) is 16.7 Å². The number of para-hydroxylation sites is 2. The minimum atomic E-state index is -1.86. The second kappa shape index (κ2) is 6.99. The molecule has 0 atom stereocenters. The van der Waals surface area contributed by atoms with Crippen molar-refractivity contribution in [2.24, 2.45) is 0 Å². The molecule has 0 spiro atoms. The van der Waals surface area contributed by atoms with Crippen molar-refractivity contribution in [3.05, 3.63) is 109 Å². The highest BCUT2D eigenvalue weighted by molar-refractivity contribution is 7.03. The summed E-state index contributed by atoms with van der Waals surface area (Å²) in [5, 5.41) is 10.9. The number of rotatable bonds is 0. The van der Waals surface area contributed by atoms with E-state index in [2.05, 4.69) is 132 Å². The van der Waals surface area contributed by atoms with Crippen LogP contribution in [0.5, 0.6) is 0 Å². The van der Waals surface area contributed by atoms with E-state index in [4.69, 9.17) is 0 Å². The molecule has 5 aromatic carbocycles. The first kappa shape index (κ1) is 20.1. The summed E-state index contributed by atoms with van der Waals surface area (Å²) in [6, 6.07) is 40.8. The number of benzene rings is 5. The van der Waals surface area contributed by atoms with E-state index in [1.165, 1.54) is 65.1 Å². The largest absolute Gasteiger partial charge is 0.321 e. The summed E-state index contributed by atoms with van der Waals surface area (Å²) in [5.74, 6) is 0. The van der Waals surface area contributed by atoms with E-state index in [-0.39, 0.29) is 0 Å². The number of hydrogen-bond donors (Lipinski definition) is 0. The van der Waals surface area contributed by atoms with Crippen LogP contribution in [0.3, 0.4) is 0 Å². The van der Waals surface area contributed by atoms with Gasteiger partial charge in [0.1, 0.15) is 14.7 Å². The molecule has 6 aromatic rings. The molecule has 36 heavy (non-hydrogen) atoms. The van der Waals surface area contributed by atoms with Gasteiger partial charge in [0.25, 0.3) is 0 Å². The number of nitrogens with zero attached hydrogens (tertiary/aromatic N) is 2. The van der Waals surface area contributed by atoms with E-state index in [9.17, 15) is 0 Å². The van der Waals surface area contributed by atoms with E-state index in [0.29, 0.717) is 0 Å². The van der Waals surface area contributed by atoms with Crippen LogP contribution in [0.15, 0.2) is 109 Å². The first-order valence-electron chi connectivity index (χ1n) is 12.7. The van der Waals surface area contributed by atoms with Crippen LogP contribution in [0, 0.1) is 0 Å². The van der Waals surface area contributed by atoms with E-state index < -0.39 is 8.07 Å².